The van der Waals surface area contributed by atoms with Crippen molar-refractivity contribution in [3.05, 3.63) is 66.0 Å². The minimum Gasteiger partial charge on any atom is -0.390 e. The summed E-state index contributed by atoms with van der Waals surface area (Å²) in [4.78, 5) is 17.9. The predicted octanol–water partition coefficient (Wildman–Crippen LogP) is 1.56. The van der Waals surface area contributed by atoms with Crippen molar-refractivity contribution in [3.63, 3.8) is 0 Å². The van der Waals surface area contributed by atoms with Crippen LogP contribution in [-0.4, -0.2) is 45.2 Å². The van der Waals surface area contributed by atoms with Crippen LogP contribution in [0.2, 0.25) is 0 Å². The molecule has 1 amide bonds. The third-order valence-corrected chi connectivity index (χ3v) is 4.28. The molecule has 0 saturated carbocycles. The van der Waals surface area contributed by atoms with Crippen molar-refractivity contribution in [1.29, 1.82) is 0 Å². The van der Waals surface area contributed by atoms with Gasteiger partial charge in [-0.1, -0.05) is 42.5 Å². The van der Waals surface area contributed by atoms with Crippen molar-refractivity contribution in [2.24, 2.45) is 5.73 Å². The summed E-state index contributed by atoms with van der Waals surface area (Å²) in [5, 5.41) is 10.6. The third-order valence-electron chi connectivity index (χ3n) is 4.28. The van der Waals surface area contributed by atoms with Crippen LogP contribution in [0.15, 0.2) is 54.6 Å². The number of fused-ring (bicyclic) bond motifs is 1. The van der Waals surface area contributed by atoms with Gasteiger partial charge in [0.15, 0.2) is 0 Å². The van der Waals surface area contributed by atoms with Crippen LogP contribution in [0.25, 0.3) is 11.0 Å². The number of carbonyl (C=O) groups is 1. The molecule has 0 aliphatic rings. The largest absolute Gasteiger partial charge is 0.390 e. The Morgan fingerprint density at radius 1 is 1.19 bits per heavy atom. The van der Waals surface area contributed by atoms with Gasteiger partial charge in [0.25, 0.3) is 0 Å². The highest BCUT2D eigenvalue weighted by molar-refractivity contribution is 5.80. The average molecular weight is 352 g/mol. The molecule has 0 unspecified atom stereocenters. The molecular formula is C20H24N4O2. The van der Waals surface area contributed by atoms with E-state index < -0.39 is 12.0 Å². The van der Waals surface area contributed by atoms with Gasteiger partial charge in [0.05, 0.1) is 30.1 Å². The van der Waals surface area contributed by atoms with Gasteiger partial charge in [-0.15, -0.1) is 0 Å². The number of benzene rings is 2. The highest BCUT2D eigenvalue weighted by Gasteiger charge is 2.16. The van der Waals surface area contributed by atoms with Gasteiger partial charge in [-0.25, -0.2) is 4.98 Å². The molecule has 0 fully saturated rings. The molecule has 6 nitrogen and oxygen atoms in total. The van der Waals surface area contributed by atoms with E-state index in [1.54, 1.807) is 0 Å². The van der Waals surface area contributed by atoms with E-state index in [0.717, 1.165) is 17.6 Å². The average Bonchev–Trinajstić information content (AvgIpc) is 2.92. The Kier molecular flexibility index (Phi) is 5.65. The second kappa shape index (κ2) is 8.12. The smallest absolute Gasteiger partial charge is 0.225 e. The number of aliphatic hydroxyl groups excluding tert-OH is 1. The molecule has 3 rings (SSSR count). The van der Waals surface area contributed by atoms with Gasteiger partial charge in [-0.05, 0) is 24.7 Å². The molecule has 1 atom stereocenters. The molecule has 2 aromatic carbocycles. The summed E-state index contributed by atoms with van der Waals surface area (Å²) < 4.78 is 1.89. The van der Waals surface area contributed by atoms with Crippen LogP contribution in [0.3, 0.4) is 0 Å². The van der Waals surface area contributed by atoms with Gasteiger partial charge in [0, 0.05) is 13.1 Å². The first kappa shape index (κ1) is 18.1. The maximum atomic E-state index is 11.4. The molecule has 0 aliphatic heterocycles. The van der Waals surface area contributed by atoms with Crippen LogP contribution in [-0.2, 0) is 24.3 Å². The normalized spacial score (nSPS) is 12.6. The summed E-state index contributed by atoms with van der Waals surface area (Å²) in [6.45, 7) is 1.64. The van der Waals surface area contributed by atoms with E-state index in [-0.39, 0.29) is 6.42 Å². The Bertz CT molecular complexity index is 876. The molecule has 0 radical (unpaired) electrons. The van der Waals surface area contributed by atoms with E-state index in [4.69, 9.17) is 5.73 Å². The molecular weight excluding hydrogens is 328 g/mol. The van der Waals surface area contributed by atoms with Crippen LogP contribution in [0.5, 0.6) is 0 Å². The Hall–Kier alpha value is -2.70. The molecule has 26 heavy (non-hydrogen) atoms. The molecule has 3 aromatic rings. The van der Waals surface area contributed by atoms with Crippen molar-refractivity contribution in [3.8, 4) is 0 Å². The first-order valence-corrected chi connectivity index (χ1v) is 8.66. The highest BCUT2D eigenvalue weighted by atomic mass is 16.3. The number of imidazole rings is 1. The number of nitrogens with two attached hydrogens (primary N) is 1. The van der Waals surface area contributed by atoms with Gasteiger partial charge in [-0.3, -0.25) is 9.69 Å². The maximum absolute atomic E-state index is 11.4. The number of hydrogen-bond acceptors (Lipinski definition) is 4. The zero-order chi connectivity index (χ0) is 18.5. The lowest BCUT2D eigenvalue weighted by molar-refractivity contribution is -0.117. The number of aliphatic hydroxyl groups is 1. The monoisotopic (exact) mass is 352 g/mol. The summed E-state index contributed by atoms with van der Waals surface area (Å²) >= 11 is 0. The number of amides is 1. The maximum Gasteiger partial charge on any atom is 0.225 e. The number of hydrogen-bond donors (Lipinski definition) is 2. The lowest BCUT2D eigenvalue weighted by Gasteiger charge is -2.22. The number of aromatic nitrogens is 2. The lowest BCUT2D eigenvalue weighted by Crippen LogP contribution is -2.32. The zero-order valence-corrected chi connectivity index (χ0v) is 14.9. The fourth-order valence-corrected chi connectivity index (χ4v) is 3.21. The molecule has 1 heterocycles. The van der Waals surface area contributed by atoms with Gasteiger partial charge < -0.3 is 15.4 Å². The Balaban J connectivity index is 1.72. The van der Waals surface area contributed by atoms with Gasteiger partial charge in [0.1, 0.15) is 5.82 Å². The van der Waals surface area contributed by atoms with Gasteiger partial charge in [0.2, 0.25) is 5.91 Å². The van der Waals surface area contributed by atoms with Crippen LogP contribution in [0.4, 0.5) is 0 Å². The van der Waals surface area contributed by atoms with Crippen LogP contribution >= 0.6 is 0 Å². The predicted molar refractivity (Wildman–Crippen MR) is 101 cm³/mol. The molecule has 0 bridgehead atoms. The molecule has 136 valence electrons. The minimum atomic E-state index is -0.590. The topological polar surface area (TPSA) is 84.4 Å². The summed E-state index contributed by atoms with van der Waals surface area (Å²) in [6, 6.07) is 17.8. The first-order chi connectivity index (χ1) is 12.5. The summed E-state index contributed by atoms with van der Waals surface area (Å²) in [7, 11) is 1.98. The van der Waals surface area contributed by atoms with E-state index in [9.17, 15) is 9.90 Å². The fraction of sp³-hybridized carbons (Fsp3) is 0.300. The highest BCUT2D eigenvalue weighted by Crippen LogP contribution is 2.17. The molecule has 0 spiro atoms. The Morgan fingerprint density at radius 2 is 1.88 bits per heavy atom. The standard InChI is InChI=1S/C20H24N4O2/c1-23(12-15-7-3-2-4-8-15)13-16(25)14-24-18-10-6-5-9-17(18)22-20(24)11-19(21)26/h2-10,16,25H,11-14H2,1H3,(H2,21,26)/t16-/m0/s1. The minimum absolute atomic E-state index is 0.0568. The van der Waals surface area contributed by atoms with E-state index >= 15 is 0 Å². The van der Waals surface area contributed by atoms with E-state index in [1.807, 2.05) is 54.1 Å². The summed E-state index contributed by atoms with van der Waals surface area (Å²) in [5.41, 5.74) is 8.24. The first-order valence-electron chi connectivity index (χ1n) is 8.66. The summed E-state index contributed by atoms with van der Waals surface area (Å²) in [5.74, 6) is 0.153. The van der Waals surface area contributed by atoms with E-state index in [2.05, 4.69) is 22.0 Å². The fourth-order valence-electron chi connectivity index (χ4n) is 3.21. The number of para-hydroxylation sites is 2. The van der Waals surface area contributed by atoms with E-state index in [1.165, 1.54) is 5.56 Å². The molecule has 3 N–H and O–H groups in total. The SMILES string of the molecule is CN(Cc1ccccc1)C[C@H](O)Cn1c(CC(N)=O)nc2ccccc21. The van der Waals surface area contributed by atoms with Crippen molar-refractivity contribution >= 4 is 16.9 Å². The van der Waals surface area contributed by atoms with Gasteiger partial charge in [-0.2, -0.15) is 0 Å². The van der Waals surface area contributed by atoms with Crippen LogP contribution in [0, 0.1) is 0 Å². The third kappa shape index (κ3) is 4.47. The number of likely N-dealkylation sites (N-methyl/N-ethyl adjacent to an activating group) is 1. The quantitative estimate of drug-likeness (QED) is 0.644. The number of nitrogens with zero attached hydrogens (tertiary/aromatic N) is 3. The number of carbonyl (C=O) groups excluding carboxylic acids is 1. The molecule has 0 saturated heterocycles. The van der Waals surface area contributed by atoms with Crippen molar-refractivity contribution < 1.29 is 9.90 Å². The van der Waals surface area contributed by atoms with Crippen molar-refractivity contribution in [2.75, 3.05) is 13.6 Å². The van der Waals surface area contributed by atoms with Crippen molar-refractivity contribution in [1.82, 2.24) is 14.5 Å². The van der Waals surface area contributed by atoms with E-state index in [0.29, 0.717) is 18.9 Å². The summed E-state index contributed by atoms with van der Waals surface area (Å²) in [6.07, 6.45) is -0.533. The molecule has 1 aromatic heterocycles. The second-order valence-corrected chi connectivity index (χ2v) is 6.61. The Morgan fingerprint density at radius 3 is 2.62 bits per heavy atom. The van der Waals surface area contributed by atoms with Crippen LogP contribution in [0.1, 0.15) is 11.4 Å². The van der Waals surface area contributed by atoms with Gasteiger partial charge >= 0.3 is 0 Å². The number of primary amides is 1. The lowest BCUT2D eigenvalue weighted by atomic mass is 10.2. The number of rotatable bonds is 8. The molecule has 6 heteroatoms. The van der Waals surface area contributed by atoms with Crippen LogP contribution < -0.4 is 5.73 Å². The second-order valence-electron chi connectivity index (χ2n) is 6.61. The Labute approximate surface area is 152 Å². The van der Waals surface area contributed by atoms with Crippen molar-refractivity contribution in [2.45, 2.75) is 25.6 Å². The zero-order valence-electron chi connectivity index (χ0n) is 14.9. The molecule has 0 aliphatic carbocycles.